The highest BCUT2D eigenvalue weighted by atomic mass is 35.5. The Morgan fingerprint density at radius 2 is 1.83 bits per heavy atom. The van der Waals surface area contributed by atoms with E-state index in [1.165, 1.54) is 0 Å². The zero-order valence-electron chi connectivity index (χ0n) is 11.1. The second-order valence-electron chi connectivity index (χ2n) is 4.83. The molecule has 96 valence electrons. The summed E-state index contributed by atoms with van der Waals surface area (Å²) in [5.41, 5.74) is 3.46. The molecule has 1 aliphatic rings. The summed E-state index contributed by atoms with van der Waals surface area (Å²) in [6.07, 6.45) is 3.37. The van der Waals surface area contributed by atoms with Crippen molar-refractivity contribution in [2.24, 2.45) is 4.99 Å². The number of rotatable bonds is 3. The molecule has 0 aromatic heterocycles. The number of hydrogen-bond donors (Lipinski definition) is 0. The third-order valence-electron chi connectivity index (χ3n) is 3.82. The molecule has 0 atom stereocenters. The summed E-state index contributed by atoms with van der Waals surface area (Å²) in [7, 11) is 1.64. The minimum absolute atomic E-state index is 0.459. The zero-order valence-corrected chi connectivity index (χ0v) is 11.8. The summed E-state index contributed by atoms with van der Waals surface area (Å²) in [6.45, 7) is 5.90. The van der Waals surface area contributed by atoms with Gasteiger partial charge < -0.3 is 4.74 Å². The van der Waals surface area contributed by atoms with E-state index in [9.17, 15) is 4.79 Å². The van der Waals surface area contributed by atoms with E-state index < -0.39 is 5.54 Å². The van der Waals surface area contributed by atoms with E-state index >= 15 is 0 Å². The Balaban J connectivity index is 2.78. The van der Waals surface area contributed by atoms with Crippen LogP contribution in [0.5, 0.6) is 5.75 Å². The van der Waals surface area contributed by atoms with Crippen molar-refractivity contribution in [3.8, 4) is 5.75 Å². The Morgan fingerprint density at radius 1 is 1.22 bits per heavy atom. The number of hydrogen-bond acceptors (Lipinski definition) is 3. The van der Waals surface area contributed by atoms with Gasteiger partial charge in [-0.05, 0) is 50.3 Å². The van der Waals surface area contributed by atoms with Crippen LogP contribution in [-0.4, -0.2) is 13.2 Å². The van der Waals surface area contributed by atoms with Gasteiger partial charge in [-0.3, -0.25) is 0 Å². The smallest absolute Gasteiger partial charge is 0.235 e. The molecule has 1 aromatic rings. The summed E-state index contributed by atoms with van der Waals surface area (Å²) in [6, 6.07) is 0. The van der Waals surface area contributed by atoms with Gasteiger partial charge in [-0.2, -0.15) is 4.99 Å². The molecule has 3 nitrogen and oxygen atoms in total. The van der Waals surface area contributed by atoms with Crippen molar-refractivity contribution in [2.75, 3.05) is 7.11 Å². The van der Waals surface area contributed by atoms with E-state index in [-0.39, 0.29) is 0 Å². The van der Waals surface area contributed by atoms with Gasteiger partial charge in [-0.1, -0.05) is 11.6 Å². The van der Waals surface area contributed by atoms with Gasteiger partial charge in [0.25, 0.3) is 0 Å². The Bertz CT molecular complexity index is 556. The molecule has 0 radical (unpaired) electrons. The molecule has 1 aromatic carbocycles. The van der Waals surface area contributed by atoms with Crippen molar-refractivity contribution in [1.82, 2.24) is 0 Å². The quantitative estimate of drug-likeness (QED) is 0.619. The maximum atomic E-state index is 10.6. The molecule has 0 heterocycles. The Kier molecular flexibility index (Phi) is 3.22. The fourth-order valence-corrected chi connectivity index (χ4v) is 2.76. The van der Waals surface area contributed by atoms with Crippen LogP contribution in [0.15, 0.2) is 4.99 Å². The molecule has 4 heteroatoms. The van der Waals surface area contributed by atoms with Crippen molar-refractivity contribution in [2.45, 2.75) is 39.2 Å². The van der Waals surface area contributed by atoms with Gasteiger partial charge in [0.15, 0.2) is 0 Å². The van der Waals surface area contributed by atoms with Crippen LogP contribution in [0.25, 0.3) is 0 Å². The molecule has 1 fully saturated rings. The predicted molar refractivity (Wildman–Crippen MR) is 71.2 cm³/mol. The molecule has 2 rings (SSSR count). The van der Waals surface area contributed by atoms with Crippen molar-refractivity contribution in [1.29, 1.82) is 0 Å². The van der Waals surface area contributed by atoms with Crippen LogP contribution in [-0.2, 0) is 10.3 Å². The standard InChI is InChI=1S/C14H16ClNO2/c1-8-9(2)13(18-4)11(10(3)12(8)15)14(5-6-14)16-7-17/h5-6H2,1-4H3. The first kappa shape index (κ1) is 13.1. The van der Waals surface area contributed by atoms with Gasteiger partial charge in [0, 0.05) is 10.6 Å². The number of carbonyl (C=O) groups excluding carboxylic acids is 1. The second kappa shape index (κ2) is 4.42. The van der Waals surface area contributed by atoms with Crippen LogP contribution in [0.4, 0.5) is 0 Å². The zero-order chi connectivity index (χ0) is 13.5. The number of methoxy groups -OCH3 is 1. The number of ether oxygens (including phenoxy) is 1. The Hall–Kier alpha value is -1.31. The highest BCUT2D eigenvalue weighted by Gasteiger charge is 2.48. The van der Waals surface area contributed by atoms with Crippen molar-refractivity contribution in [3.63, 3.8) is 0 Å². The third-order valence-corrected chi connectivity index (χ3v) is 4.38. The van der Waals surface area contributed by atoms with E-state index in [1.807, 2.05) is 20.8 Å². The molecule has 0 aliphatic heterocycles. The summed E-state index contributed by atoms with van der Waals surface area (Å²) >= 11 is 6.36. The first-order chi connectivity index (χ1) is 8.48. The first-order valence-electron chi connectivity index (χ1n) is 5.91. The average Bonchev–Trinajstić information content (AvgIpc) is 3.11. The number of halogens is 1. The normalized spacial score (nSPS) is 16.1. The van der Waals surface area contributed by atoms with E-state index in [2.05, 4.69) is 4.99 Å². The molecule has 0 unspecified atom stereocenters. The highest BCUT2D eigenvalue weighted by molar-refractivity contribution is 6.32. The topological polar surface area (TPSA) is 38.7 Å². The van der Waals surface area contributed by atoms with Crippen LogP contribution in [0.2, 0.25) is 5.02 Å². The van der Waals surface area contributed by atoms with E-state index in [1.54, 1.807) is 13.2 Å². The maximum Gasteiger partial charge on any atom is 0.235 e. The second-order valence-corrected chi connectivity index (χ2v) is 5.21. The lowest BCUT2D eigenvalue weighted by molar-refractivity contribution is 0.400. The van der Waals surface area contributed by atoms with Crippen molar-refractivity contribution < 1.29 is 9.53 Å². The van der Waals surface area contributed by atoms with E-state index in [4.69, 9.17) is 16.3 Å². The fraction of sp³-hybridized carbons (Fsp3) is 0.500. The maximum absolute atomic E-state index is 10.6. The van der Waals surface area contributed by atoms with Gasteiger partial charge in [0.1, 0.15) is 11.3 Å². The summed E-state index contributed by atoms with van der Waals surface area (Å²) in [5, 5.41) is 0.732. The van der Waals surface area contributed by atoms with E-state index in [0.717, 1.165) is 45.9 Å². The lowest BCUT2D eigenvalue weighted by Crippen LogP contribution is -2.10. The molecule has 1 saturated carbocycles. The average molecular weight is 266 g/mol. The Morgan fingerprint density at radius 3 is 2.28 bits per heavy atom. The van der Waals surface area contributed by atoms with Gasteiger partial charge in [-0.25, -0.2) is 4.79 Å². The molecule has 18 heavy (non-hydrogen) atoms. The lowest BCUT2D eigenvalue weighted by Gasteiger charge is -2.21. The van der Waals surface area contributed by atoms with Crippen molar-refractivity contribution >= 4 is 17.7 Å². The number of nitrogens with zero attached hydrogens (tertiary/aromatic N) is 1. The molecular formula is C14H16ClNO2. The van der Waals surface area contributed by atoms with Gasteiger partial charge in [0.05, 0.1) is 7.11 Å². The molecule has 0 bridgehead atoms. The molecule has 0 N–H and O–H groups in total. The van der Waals surface area contributed by atoms with Crippen molar-refractivity contribution in [3.05, 3.63) is 27.3 Å². The van der Waals surface area contributed by atoms with Crippen LogP contribution < -0.4 is 4.74 Å². The van der Waals surface area contributed by atoms with Gasteiger partial charge in [-0.15, -0.1) is 0 Å². The first-order valence-corrected chi connectivity index (χ1v) is 6.29. The summed E-state index contributed by atoms with van der Waals surface area (Å²) < 4.78 is 5.52. The molecule has 0 saturated heterocycles. The number of benzene rings is 1. The Labute approximate surface area is 112 Å². The lowest BCUT2D eigenvalue weighted by atomic mass is 9.92. The minimum atomic E-state index is -0.459. The largest absolute Gasteiger partial charge is 0.496 e. The van der Waals surface area contributed by atoms with Gasteiger partial charge >= 0.3 is 0 Å². The van der Waals surface area contributed by atoms with Gasteiger partial charge in [0.2, 0.25) is 6.08 Å². The van der Waals surface area contributed by atoms with Crippen LogP contribution in [0, 0.1) is 20.8 Å². The molecule has 0 amide bonds. The molecule has 0 spiro atoms. The number of isocyanates is 1. The minimum Gasteiger partial charge on any atom is -0.496 e. The molecule has 1 aliphatic carbocycles. The van der Waals surface area contributed by atoms with Crippen LogP contribution in [0.1, 0.15) is 35.1 Å². The van der Waals surface area contributed by atoms with Crippen LogP contribution >= 0.6 is 11.6 Å². The molecular weight excluding hydrogens is 250 g/mol. The van der Waals surface area contributed by atoms with E-state index in [0.29, 0.717) is 0 Å². The van der Waals surface area contributed by atoms with Crippen LogP contribution in [0.3, 0.4) is 0 Å². The summed E-state index contributed by atoms with van der Waals surface area (Å²) in [5.74, 6) is 0.797. The monoisotopic (exact) mass is 265 g/mol. The fourth-order valence-electron chi connectivity index (χ4n) is 2.52. The predicted octanol–water partition coefficient (Wildman–Crippen LogP) is 3.60. The summed E-state index contributed by atoms with van der Waals surface area (Å²) in [4.78, 5) is 14.6. The third kappa shape index (κ3) is 1.75. The number of aliphatic imine (C=N–C) groups is 1. The SMILES string of the molecule is COc1c(C)c(C)c(Cl)c(C)c1C1(N=C=O)CC1. The highest BCUT2D eigenvalue weighted by Crippen LogP contribution is 2.55.